The molecule has 0 bridgehead atoms. The molecule has 1 aliphatic heterocycles. The molecular weight excluding hydrogens is 252 g/mol. The third-order valence-electron chi connectivity index (χ3n) is 4.25. The lowest BCUT2D eigenvalue weighted by Gasteiger charge is -2.34. The summed E-state index contributed by atoms with van der Waals surface area (Å²) in [5.74, 6) is 0. The van der Waals surface area contributed by atoms with Gasteiger partial charge in [0.2, 0.25) is 0 Å². The van der Waals surface area contributed by atoms with Crippen molar-refractivity contribution in [1.29, 1.82) is 0 Å². The van der Waals surface area contributed by atoms with Crippen LogP contribution >= 0.6 is 0 Å². The Labute approximate surface area is 122 Å². The SMILES string of the molecule is CCC(C)n1ccc(CC(N)C2CN(CC)CCO2)n1. The molecule has 5 heteroatoms. The Balaban J connectivity index is 1.90. The Morgan fingerprint density at radius 2 is 2.30 bits per heavy atom. The van der Waals surface area contributed by atoms with Crippen molar-refractivity contribution < 1.29 is 4.74 Å². The van der Waals surface area contributed by atoms with E-state index in [9.17, 15) is 0 Å². The van der Waals surface area contributed by atoms with E-state index >= 15 is 0 Å². The molecule has 5 nitrogen and oxygen atoms in total. The highest BCUT2D eigenvalue weighted by Gasteiger charge is 2.25. The molecule has 0 radical (unpaired) electrons. The smallest absolute Gasteiger partial charge is 0.0857 e. The molecule has 20 heavy (non-hydrogen) atoms. The van der Waals surface area contributed by atoms with Gasteiger partial charge in [0, 0.05) is 37.8 Å². The minimum absolute atomic E-state index is 0.0182. The van der Waals surface area contributed by atoms with E-state index in [-0.39, 0.29) is 12.1 Å². The zero-order valence-corrected chi connectivity index (χ0v) is 13.0. The molecule has 0 amide bonds. The first-order chi connectivity index (χ1) is 9.63. The molecule has 0 aromatic carbocycles. The van der Waals surface area contributed by atoms with E-state index in [2.05, 4.69) is 43.0 Å². The summed E-state index contributed by atoms with van der Waals surface area (Å²) < 4.78 is 7.85. The minimum Gasteiger partial charge on any atom is -0.374 e. The Bertz CT molecular complexity index is 406. The lowest BCUT2D eigenvalue weighted by Crippen LogP contribution is -2.51. The molecule has 2 heterocycles. The Hall–Kier alpha value is -0.910. The fraction of sp³-hybridized carbons (Fsp3) is 0.800. The molecule has 0 saturated carbocycles. The summed E-state index contributed by atoms with van der Waals surface area (Å²) in [7, 11) is 0. The molecule has 1 fully saturated rings. The third-order valence-corrected chi connectivity index (χ3v) is 4.25. The first kappa shape index (κ1) is 15.5. The molecule has 2 rings (SSSR count). The van der Waals surface area contributed by atoms with Gasteiger partial charge in [0.15, 0.2) is 0 Å². The largest absolute Gasteiger partial charge is 0.374 e. The maximum atomic E-state index is 6.31. The standard InChI is InChI=1S/C15H28N4O/c1-4-12(3)19-7-6-13(17-19)10-14(16)15-11-18(5-2)8-9-20-15/h6-7,12,14-15H,4-5,8-11,16H2,1-3H3. The molecule has 3 atom stereocenters. The minimum atomic E-state index is 0.0182. The van der Waals surface area contributed by atoms with E-state index in [0.29, 0.717) is 6.04 Å². The number of morpholine rings is 1. The van der Waals surface area contributed by atoms with Crippen molar-refractivity contribution in [2.45, 2.75) is 51.8 Å². The summed E-state index contributed by atoms with van der Waals surface area (Å²) in [5.41, 5.74) is 7.38. The number of hydrogen-bond acceptors (Lipinski definition) is 4. The summed E-state index contributed by atoms with van der Waals surface area (Å²) in [4.78, 5) is 2.39. The van der Waals surface area contributed by atoms with Gasteiger partial charge in [-0.1, -0.05) is 13.8 Å². The average Bonchev–Trinajstić information content (AvgIpc) is 2.95. The van der Waals surface area contributed by atoms with E-state index < -0.39 is 0 Å². The quantitative estimate of drug-likeness (QED) is 0.857. The highest BCUT2D eigenvalue weighted by atomic mass is 16.5. The van der Waals surface area contributed by atoms with Gasteiger partial charge in [-0.3, -0.25) is 9.58 Å². The second-order valence-corrected chi connectivity index (χ2v) is 5.71. The highest BCUT2D eigenvalue weighted by Crippen LogP contribution is 2.13. The zero-order chi connectivity index (χ0) is 14.5. The molecule has 0 aliphatic carbocycles. The van der Waals surface area contributed by atoms with E-state index in [4.69, 9.17) is 10.5 Å². The van der Waals surface area contributed by atoms with Gasteiger partial charge in [0.05, 0.1) is 18.4 Å². The molecule has 1 aromatic rings. The summed E-state index contributed by atoms with van der Waals surface area (Å²) in [6.45, 7) is 10.3. The van der Waals surface area contributed by atoms with Crippen molar-refractivity contribution in [3.63, 3.8) is 0 Å². The topological polar surface area (TPSA) is 56.3 Å². The van der Waals surface area contributed by atoms with E-state index in [1.807, 2.05) is 4.68 Å². The number of nitrogens with zero attached hydrogens (tertiary/aromatic N) is 3. The van der Waals surface area contributed by atoms with Crippen molar-refractivity contribution in [2.24, 2.45) is 5.73 Å². The van der Waals surface area contributed by atoms with Crippen LogP contribution in [0.4, 0.5) is 0 Å². The predicted octanol–water partition coefficient (Wildman–Crippen LogP) is 1.44. The molecule has 1 aromatic heterocycles. The molecule has 0 spiro atoms. The van der Waals surface area contributed by atoms with Gasteiger partial charge < -0.3 is 10.5 Å². The lowest BCUT2D eigenvalue weighted by molar-refractivity contribution is -0.0386. The molecular formula is C15H28N4O. The van der Waals surface area contributed by atoms with Crippen LogP contribution in [-0.4, -0.2) is 53.1 Å². The zero-order valence-electron chi connectivity index (χ0n) is 13.0. The first-order valence-corrected chi connectivity index (χ1v) is 7.77. The van der Waals surface area contributed by atoms with Crippen LogP contribution in [0.2, 0.25) is 0 Å². The number of rotatable bonds is 6. The van der Waals surface area contributed by atoms with Gasteiger partial charge in [-0.2, -0.15) is 5.10 Å². The van der Waals surface area contributed by atoms with Crippen LogP contribution < -0.4 is 5.73 Å². The van der Waals surface area contributed by atoms with Gasteiger partial charge in [-0.25, -0.2) is 0 Å². The fourth-order valence-corrected chi connectivity index (χ4v) is 2.57. The number of nitrogens with two attached hydrogens (primary N) is 1. The van der Waals surface area contributed by atoms with E-state index in [0.717, 1.165) is 44.8 Å². The number of aromatic nitrogens is 2. The van der Waals surface area contributed by atoms with Gasteiger partial charge >= 0.3 is 0 Å². The monoisotopic (exact) mass is 280 g/mol. The van der Waals surface area contributed by atoms with Crippen molar-refractivity contribution in [3.05, 3.63) is 18.0 Å². The van der Waals surface area contributed by atoms with Crippen molar-refractivity contribution in [3.8, 4) is 0 Å². The van der Waals surface area contributed by atoms with Crippen LogP contribution in [0.1, 0.15) is 38.9 Å². The highest BCUT2D eigenvalue weighted by molar-refractivity contribution is 5.03. The Kier molecular flexibility index (Phi) is 5.57. The number of ether oxygens (including phenoxy) is 1. The van der Waals surface area contributed by atoms with Crippen molar-refractivity contribution >= 4 is 0 Å². The molecule has 1 saturated heterocycles. The van der Waals surface area contributed by atoms with Crippen molar-refractivity contribution in [1.82, 2.24) is 14.7 Å². The van der Waals surface area contributed by atoms with Crippen LogP contribution in [0.3, 0.4) is 0 Å². The summed E-state index contributed by atoms with van der Waals surface area (Å²) in [6, 6.07) is 2.54. The van der Waals surface area contributed by atoms with Crippen LogP contribution in [0.25, 0.3) is 0 Å². The average molecular weight is 280 g/mol. The van der Waals surface area contributed by atoms with Crippen molar-refractivity contribution in [2.75, 3.05) is 26.2 Å². The predicted molar refractivity (Wildman–Crippen MR) is 80.8 cm³/mol. The molecule has 114 valence electrons. The van der Waals surface area contributed by atoms with E-state index in [1.54, 1.807) is 0 Å². The first-order valence-electron chi connectivity index (χ1n) is 7.77. The third kappa shape index (κ3) is 3.81. The molecule has 1 aliphatic rings. The second kappa shape index (κ2) is 7.20. The Morgan fingerprint density at radius 3 is 3.00 bits per heavy atom. The number of hydrogen-bond donors (Lipinski definition) is 1. The summed E-state index contributed by atoms with van der Waals surface area (Å²) in [6.07, 6.45) is 4.05. The summed E-state index contributed by atoms with van der Waals surface area (Å²) in [5, 5.41) is 4.62. The van der Waals surface area contributed by atoms with Crippen LogP contribution in [0.15, 0.2) is 12.3 Å². The summed E-state index contributed by atoms with van der Waals surface area (Å²) >= 11 is 0. The van der Waals surface area contributed by atoms with Crippen LogP contribution in [0, 0.1) is 0 Å². The molecule has 2 N–H and O–H groups in total. The maximum absolute atomic E-state index is 6.31. The van der Waals surface area contributed by atoms with E-state index in [1.165, 1.54) is 0 Å². The maximum Gasteiger partial charge on any atom is 0.0857 e. The lowest BCUT2D eigenvalue weighted by atomic mass is 10.0. The van der Waals surface area contributed by atoms with Gasteiger partial charge in [-0.05, 0) is 26.0 Å². The Morgan fingerprint density at radius 1 is 1.50 bits per heavy atom. The van der Waals surface area contributed by atoms with Gasteiger partial charge in [-0.15, -0.1) is 0 Å². The normalized spacial score (nSPS) is 23.7. The van der Waals surface area contributed by atoms with Gasteiger partial charge in [0.1, 0.15) is 0 Å². The van der Waals surface area contributed by atoms with Crippen LogP contribution in [0.5, 0.6) is 0 Å². The number of likely N-dealkylation sites (N-methyl/N-ethyl adjacent to an activating group) is 1. The fourth-order valence-electron chi connectivity index (χ4n) is 2.57. The molecule has 3 unspecified atom stereocenters. The second-order valence-electron chi connectivity index (χ2n) is 5.71. The van der Waals surface area contributed by atoms with Gasteiger partial charge in [0.25, 0.3) is 0 Å². The van der Waals surface area contributed by atoms with Crippen LogP contribution in [-0.2, 0) is 11.2 Å².